The number of rotatable bonds is 4. The molecule has 1 N–H and O–H groups in total. The van der Waals surface area contributed by atoms with Crippen LogP contribution in [0.2, 0.25) is 0 Å². The maximum absolute atomic E-state index is 12.8. The topological polar surface area (TPSA) is 52.2 Å². The van der Waals surface area contributed by atoms with E-state index < -0.39 is 0 Å². The van der Waals surface area contributed by atoms with Crippen LogP contribution in [0.1, 0.15) is 56.6 Å². The fraction of sp³-hybridized carbons (Fsp3) is 0.765. The molecule has 5 nitrogen and oxygen atoms in total. The lowest BCUT2D eigenvalue weighted by Crippen LogP contribution is -2.44. The van der Waals surface area contributed by atoms with Gasteiger partial charge in [-0.25, -0.2) is 0 Å². The van der Waals surface area contributed by atoms with Gasteiger partial charge in [-0.1, -0.05) is 0 Å². The third-order valence-corrected chi connectivity index (χ3v) is 5.14. The highest BCUT2D eigenvalue weighted by molar-refractivity contribution is 5.79. The SMILES string of the molecule is Cc1n[nH]c(C)c1[C@H](C)N(C)C(=O)C1CCN(C(C)C)CC1. The zero-order chi connectivity index (χ0) is 16.4. The zero-order valence-electron chi connectivity index (χ0n) is 14.8. The molecule has 0 bridgehead atoms. The molecular weight excluding hydrogens is 276 g/mol. The Morgan fingerprint density at radius 2 is 1.86 bits per heavy atom. The molecule has 1 fully saturated rings. The van der Waals surface area contributed by atoms with E-state index in [4.69, 9.17) is 0 Å². The van der Waals surface area contributed by atoms with Crippen molar-refractivity contribution in [2.75, 3.05) is 20.1 Å². The molecule has 5 heteroatoms. The molecule has 0 spiro atoms. The Labute approximate surface area is 134 Å². The molecule has 0 radical (unpaired) electrons. The number of aryl methyl sites for hydroxylation is 2. The zero-order valence-corrected chi connectivity index (χ0v) is 14.8. The van der Waals surface area contributed by atoms with Gasteiger partial charge in [0.25, 0.3) is 0 Å². The van der Waals surface area contributed by atoms with E-state index in [1.807, 2.05) is 25.8 Å². The van der Waals surface area contributed by atoms with Crippen molar-refractivity contribution in [1.82, 2.24) is 20.0 Å². The molecule has 0 saturated carbocycles. The summed E-state index contributed by atoms with van der Waals surface area (Å²) in [6.07, 6.45) is 1.94. The van der Waals surface area contributed by atoms with E-state index in [0.717, 1.165) is 42.9 Å². The number of hydrogen-bond acceptors (Lipinski definition) is 3. The van der Waals surface area contributed by atoms with Crippen LogP contribution >= 0.6 is 0 Å². The summed E-state index contributed by atoms with van der Waals surface area (Å²) in [7, 11) is 1.92. The van der Waals surface area contributed by atoms with E-state index in [-0.39, 0.29) is 17.9 Å². The van der Waals surface area contributed by atoms with Crippen LogP contribution < -0.4 is 0 Å². The lowest BCUT2D eigenvalue weighted by atomic mass is 9.93. The lowest BCUT2D eigenvalue weighted by molar-refractivity contribution is -0.137. The minimum atomic E-state index is 0.0642. The van der Waals surface area contributed by atoms with Crippen molar-refractivity contribution in [1.29, 1.82) is 0 Å². The maximum atomic E-state index is 12.8. The van der Waals surface area contributed by atoms with Gasteiger partial charge < -0.3 is 9.80 Å². The second kappa shape index (κ2) is 6.82. The van der Waals surface area contributed by atoms with Crippen molar-refractivity contribution < 1.29 is 4.79 Å². The lowest BCUT2D eigenvalue weighted by Gasteiger charge is -2.36. The molecule has 1 aromatic rings. The summed E-state index contributed by atoms with van der Waals surface area (Å²) in [5.74, 6) is 0.436. The van der Waals surface area contributed by atoms with Gasteiger partial charge in [-0.3, -0.25) is 9.89 Å². The molecule has 2 heterocycles. The molecule has 0 unspecified atom stereocenters. The average Bonchev–Trinajstić information content (AvgIpc) is 2.84. The number of likely N-dealkylation sites (tertiary alicyclic amines) is 1. The fourth-order valence-corrected chi connectivity index (χ4v) is 3.51. The highest BCUT2D eigenvalue weighted by Crippen LogP contribution is 2.28. The third kappa shape index (κ3) is 3.35. The molecule has 1 aliphatic heterocycles. The van der Waals surface area contributed by atoms with Crippen LogP contribution in [0.15, 0.2) is 0 Å². The van der Waals surface area contributed by atoms with Gasteiger partial charge in [-0.05, 0) is 60.5 Å². The van der Waals surface area contributed by atoms with Crippen LogP contribution in [0.5, 0.6) is 0 Å². The summed E-state index contributed by atoms with van der Waals surface area (Å²) in [6, 6.07) is 0.637. The minimum absolute atomic E-state index is 0.0642. The van der Waals surface area contributed by atoms with Gasteiger partial charge in [0.2, 0.25) is 5.91 Å². The first kappa shape index (κ1) is 17.0. The van der Waals surface area contributed by atoms with Crippen molar-refractivity contribution in [2.24, 2.45) is 5.92 Å². The van der Waals surface area contributed by atoms with Crippen LogP contribution in [0.3, 0.4) is 0 Å². The van der Waals surface area contributed by atoms with E-state index >= 15 is 0 Å². The summed E-state index contributed by atoms with van der Waals surface area (Å²) in [5.41, 5.74) is 3.19. The molecular formula is C17H30N4O. The maximum Gasteiger partial charge on any atom is 0.226 e. The number of piperidine rings is 1. The normalized spacial score (nSPS) is 18.7. The summed E-state index contributed by atoms with van der Waals surface area (Å²) in [4.78, 5) is 17.2. The largest absolute Gasteiger partial charge is 0.339 e. The first-order chi connectivity index (χ1) is 10.3. The number of amides is 1. The minimum Gasteiger partial charge on any atom is -0.339 e. The Balaban J connectivity index is 2.01. The smallest absolute Gasteiger partial charge is 0.226 e. The van der Waals surface area contributed by atoms with E-state index in [9.17, 15) is 4.79 Å². The van der Waals surface area contributed by atoms with E-state index in [1.54, 1.807) is 0 Å². The van der Waals surface area contributed by atoms with Crippen molar-refractivity contribution in [3.63, 3.8) is 0 Å². The Morgan fingerprint density at radius 3 is 2.32 bits per heavy atom. The first-order valence-electron chi connectivity index (χ1n) is 8.35. The summed E-state index contributed by atoms with van der Waals surface area (Å²) in [5, 5.41) is 7.27. The predicted molar refractivity (Wildman–Crippen MR) is 88.7 cm³/mol. The Morgan fingerprint density at radius 1 is 1.27 bits per heavy atom. The van der Waals surface area contributed by atoms with Crippen molar-refractivity contribution in [3.8, 4) is 0 Å². The number of nitrogens with zero attached hydrogens (tertiary/aromatic N) is 3. The summed E-state index contributed by atoms with van der Waals surface area (Å²) in [6.45, 7) is 12.6. The van der Waals surface area contributed by atoms with Crippen molar-refractivity contribution in [2.45, 2.75) is 59.5 Å². The van der Waals surface area contributed by atoms with Crippen LogP contribution in [-0.2, 0) is 4.79 Å². The standard InChI is InChI=1S/C17H30N4O/c1-11(2)21-9-7-15(8-10-21)17(22)20(6)14(5)16-12(3)18-19-13(16)4/h11,14-15H,7-10H2,1-6H3,(H,18,19)/t14-/m0/s1. The molecule has 1 amide bonds. The number of H-pyrrole nitrogens is 1. The molecule has 2 rings (SSSR count). The highest BCUT2D eigenvalue weighted by atomic mass is 16.2. The third-order valence-electron chi connectivity index (χ3n) is 5.14. The van der Waals surface area contributed by atoms with Gasteiger partial charge >= 0.3 is 0 Å². The number of carbonyl (C=O) groups is 1. The van der Waals surface area contributed by atoms with Crippen molar-refractivity contribution in [3.05, 3.63) is 17.0 Å². The van der Waals surface area contributed by atoms with Gasteiger partial charge in [-0.15, -0.1) is 0 Å². The Hall–Kier alpha value is -1.36. The van der Waals surface area contributed by atoms with Gasteiger partial charge in [0, 0.05) is 30.3 Å². The highest BCUT2D eigenvalue weighted by Gasteiger charge is 2.31. The predicted octanol–water partition coefficient (Wildman–Crippen LogP) is 2.67. The molecule has 1 saturated heterocycles. The van der Waals surface area contributed by atoms with Crippen molar-refractivity contribution >= 4 is 5.91 Å². The van der Waals surface area contributed by atoms with Gasteiger partial charge in [0.1, 0.15) is 0 Å². The molecule has 124 valence electrons. The number of hydrogen-bond donors (Lipinski definition) is 1. The summed E-state index contributed by atoms with van der Waals surface area (Å²) < 4.78 is 0. The molecule has 0 aliphatic carbocycles. The quantitative estimate of drug-likeness (QED) is 0.930. The van der Waals surface area contributed by atoms with Gasteiger partial charge in [0.05, 0.1) is 11.7 Å². The average molecular weight is 306 g/mol. The molecule has 22 heavy (non-hydrogen) atoms. The summed E-state index contributed by atoms with van der Waals surface area (Å²) >= 11 is 0. The number of aromatic amines is 1. The van der Waals surface area contributed by atoms with E-state index in [1.165, 1.54) is 0 Å². The van der Waals surface area contributed by atoms with Crippen LogP contribution in [-0.4, -0.2) is 52.1 Å². The Kier molecular flexibility index (Phi) is 5.27. The molecule has 1 aromatic heterocycles. The van der Waals surface area contributed by atoms with Crippen LogP contribution in [0.4, 0.5) is 0 Å². The molecule has 1 atom stereocenters. The number of aromatic nitrogens is 2. The second-order valence-corrected chi connectivity index (χ2v) is 6.88. The molecule has 0 aromatic carbocycles. The van der Waals surface area contributed by atoms with E-state index in [2.05, 4.69) is 35.9 Å². The number of nitrogens with one attached hydrogen (secondary N) is 1. The second-order valence-electron chi connectivity index (χ2n) is 6.88. The number of carbonyl (C=O) groups excluding carboxylic acids is 1. The van der Waals surface area contributed by atoms with Crippen LogP contribution in [0, 0.1) is 19.8 Å². The monoisotopic (exact) mass is 306 g/mol. The van der Waals surface area contributed by atoms with Gasteiger partial charge in [-0.2, -0.15) is 5.10 Å². The molecule has 1 aliphatic rings. The van der Waals surface area contributed by atoms with E-state index in [0.29, 0.717) is 6.04 Å². The fourth-order valence-electron chi connectivity index (χ4n) is 3.51. The van der Waals surface area contributed by atoms with Gasteiger partial charge in [0.15, 0.2) is 0 Å². The first-order valence-corrected chi connectivity index (χ1v) is 8.35. The Bertz CT molecular complexity index is 495. The van der Waals surface area contributed by atoms with Crippen LogP contribution in [0.25, 0.3) is 0 Å².